The summed E-state index contributed by atoms with van der Waals surface area (Å²) in [5.74, 6) is 0.120. The third kappa shape index (κ3) is 1.40. The van der Waals surface area contributed by atoms with Gasteiger partial charge in [0.05, 0.1) is 0 Å². The van der Waals surface area contributed by atoms with Crippen molar-refractivity contribution in [3.63, 3.8) is 0 Å². The van der Waals surface area contributed by atoms with Gasteiger partial charge >= 0.3 is 0 Å². The summed E-state index contributed by atoms with van der Waals surface area (Å²) >= 11 is 0. The number of allylic oxidation sites excluding steroid dienone is 2. The van der Waals surface area contributed by atoms with E-state index in [0.717, 1.165) is 5.56 Å². The van der Waals surface area contributed by atoms with Crippen LogP contribution in [0.1, 0.15) is 12.5 Å². The fourth-order valence-corrected chi connectivity index (χ4v) is 1.80. The molecule has 72 valence electrons. The Kier molecular flexibility index (Phi) is 2.26. The molecule has 0 heterocycles. The lowest BCUT2D eigenvalue weighted by Gasteiger charge is -2.31. The van der Waals surface area contributed by atoms with E-state index in [0.29, 0.717) is 0 Å². The molecule has 1 aromatic carbocycles. The second-order valence-corrected chi connectivity index (χ2v) is 3.72. The fraction of sp³-hybridized carbons (Fsp3) is 0.231. The molecule has 0 spiro atoms. The molecule has 1 heteroatoms. The highest BCUT2D eigenvalue weighted by Gasteiger charge is 2.32. The van der Waals surface area contributed by atoms with Crippen molar-refractivity contribution in [2.75, 3.05) is 0 Å². The number of benzene rings is 1. The van der Waals surface area contributed by atoms with Gasteiger partial charge in [0.1, 0.15) is 5.60 Å². The van der Waals surface area contributed by atoms with E-state index in [1.165, 1.54) is 0 Å². The number of aliphatic hydroxyl groups is 1. The van der Waals surface area contributed by atoms with Crippen molar-refractivity contribution in [3.8, 4) is 0 Å². The Hall–Kier alpha value is -1.34. The standard InChI is InChI=1S/C13H14O/c1-11-7-5-6-10-13(11,14)12-8-3-2-4-9-12/h2-11,14H,1H3. The normalized spacial score (nSPS) is 30.6. The molecule has 0 amide bonds. The molecule has 0 aliphatic heterocycles. The van der Waals surface area contributed by atoms with Crippen LogP contribution in [0.5, 0.6) is 0 Å². The summed E-state index contributed by atoms with van der Waals surface area (Å²) < 4.78 is 0. The largest absolute Gasteiger partial charge is 0.380 e. The predicted octanol–water partition coefficient (Wildman–Crippen LogP) is 2.64. The van der Waals surface area contributed by atoms with Crippen LogP contribution in [-0.2, 0) is 5.60 Å². The molecule has 0 saturated heterocycles. The second-order valence-electron chi connectivity index (χ2n) is 3.72. The van der Waals surface area contributed by atoms with Gasteiger partial charge in [-0.05, 0) is 11.6 Å². The van der Waals surface area contributed by atoms with Crippen LogP contribution in [0.15, 0.2) is 54.6 Å². The first-order valence-corrected chi connectivity index (χ1v) is 4.87. The summed E-state index contributed by atoms with van der Waals surface area (Å²) in [5.41, 5.74) is 0.115. The Morgan fingerprint density at radius 3 is 2.50 bits per heavy atom. The van der Waals surface area contributed by atoms with Crippen molar-refractivity contribution >= 4 is 0 Å². The van der Waals surface area contributed by atoms with E-state index < -0.39 is 5.60 Å². The van der Waals surface area contributed by atoms with Gasteiger partial charge in [-0.3, -0.25) is 0 Å². The van der Waals surface area contributed by atoms with Crippen LogP contribution in [0, 0.1) is 5.92 Å². The highest BCUT2D eigenvalue weighted by atomic mass is 16.3. The van der Waals surface area contributed by atoms with Crippen LogP contribution in [0.4, 0.5) is 0 Å². The molecule has 0 fully saturated rings. The van der Waals surface area contributed by atoms with E-state index in [1.807, 2.05) is 61.6 Å². The SMILES string of the molecule is CC1C=CC=CC1(O)c1ccccc1. The van der Waals surface area contributed by atoms with Crippen LogP contribution < -0.4 is 0 Å². The summed E-state index contributed by atoms with van der Waals surface area (Å²) in [6, 6.07) is 9.78. The molecule has 0 aromatic heterocycles. The molecule has 2 rings (SSSR count). The van der Waals surface area contributed by atoms with Crippen LogP contribution in [0.25, 0.3) is 0 Å². The molecule has 2 atom stereocenters. The maximum Gasteiger partial charge on any atom is 0.114 e. The summed E-state index contributed by atoms with van der Waals surface area (Å²) in [4.78, 5) is 0. The molecule has 1 aromatic rings. The Balaban J connectivity index is 2.42. The van der Waals surface area contributed by atoms with E-state index in [2.05, 4.69) is 0 Å². The molecule has 14 heavy (non-hydrogen) atoms. The van der Waals surface area contributed by atoms with Crippen molar-refractivity contribution in [2.24, 2.45) is 5.92 Å². The molecule has 1 N–H and O–H groups in total. The van der Waals surface area contributed by atoms with Crippen LogP contribution >= 0.6 is 0 Å². The highest BCUT2D eigenvalue weighted by Crippen LogP contribution is 2.34. The Morgan fingerprint density at radius 1 is 1.14 bits per heavy atom. The van der Waals surface area contributed by atoms with Gasteiger partial charge < -0.3 is 5.11 Å². The number of rotatable bonds is 1. The summed E-state index contributed by atoms with van der Waals surface area (Å²) in [7, 11) is 0. The smallest absolute Gasteiger partial charge is 0.114 e. The highest BCUT2D eigenvalue weighted by molar-refractivity contribution is 5.33. The Bertz CT molecular complexity index is 364. The first kappa shape index (κ1) is 9.22. The van der Waals surface area contributed by atoms with Gasteiger partial charge in [-0.1, -0.05) is 55.5 Å². The van der Waals surface area contributed by atoms with Crippen LogP contribution in [0.2, 0.25) is 0 Å². The average molecular weight is 186 g/mol. The van der Waals surface area contributed by atoms with Gasteiger partial charge in [-0.2, -0.15) is 0 Å². The van der Waals surface area contributed by atoms with Gasteiger partial charge in [0.15, 0.2) is 0 Å². The topological polar surface area (TPSA) is 20.2 Å². The summed E-state index contributed by atoms with van der Waals surface area (Å²) in [6.07, 6.45) is 7.75. The van der Waals surface area contributed by atoms with Gasteiger partial charge in [-0.15, -0.1) is 0 Å². The quantitative estimate of drug-likeness (QED) is 0.714. The van der Waals surface area contributed by atoms with Crippen molar-refractivity contribution in [1.29, 1.82) is 0 Å². The Morgan fingerprint density at radius 2 is 1.86 bits per heavy atom. The van der Waals surface area contributed by atoms with E-state index >= 15 is 0 Å². The van der Waals surface area contributed by atoms with E-state index in [4.69, 9.17) is 0 Å². The number of hydrogen-bond acceptors (Lipinski definition) is 1. The molecule has 1 aliphatic rings. The lowest BCUT2D eigenvalue weighted by Crippen LogP contribution is -2.31. The predicted molar refractivity (Wildman–Crippen MR) is 57.8 cm³/mol. The van der Waals surface area contributed by atoms with Crippen molar-refractivity contribution in [2.45, 2.75) is 12.5 Å². The maximum atomic E-state index is 10.5. The first-order chi connectivity index (χ1) is 6.73. The van der Waals surface area contributed by atoms with Gasteiger partial charge in [0.2, 0.25) is 0 Å². The molecular weight excluding hydrogens is 172 g/mol. The van der Waals surface area contributed by atoms with Crippen molar-refractivity contribution < 1.29 is 5.11 Å². The van der Waals surface area contributed by atoms with Crippen molar-refractivity contribution in [1.82, 2.24) is 0 Å². The molecule has 1 aliphatic carbocycles. The minimum atomic E-state index is -0.837. The molecular formula is C13H14O. The van der Waals surface area contributed by atoms with Crippen LogP contribution in [-0.4, -0.2) is 5.11 Å². The lowest BCUT2D eigenvalue weighted by atomic mass is 9.80. The zero-order chi connectivity index (χ0) is 10.0. The minimum absolute atomic E-state index is 0.120. The summed E-state index contributed by atoms with van der Waals surface area (Å²) in [5, 5.41) is 10.5. The van der Waals surface area contributed by atoms with Crippen molar-refractivity contribution in [3.05, 3.63) is 60.2 Å². The van der Waals surface area contributed by atoms with Gasteiger partial charge in [0, 0.05) is 5.92 Å². The zero-order valence-corrected chi connectivity index (χ0v) is 8.22. The van der Waals surface area contributed by atoms with E-state index in [-0.39, 0.29) is 5.92 Å². The Labute approximate surface area is 84.4 Å². The zero-order valence-electron chi connectivity index (χ0n) is 8.22. The second kappa shape index (κ2) is 3.43. The number of hydrogen-bond donors (Lipinski definition) is 1. The monoisotopic (exact) mass is 186 g/mol. The van der Waals surface area contributed by atoms with E-state index in [1.54, 1.807) is 0 Å². The average Bonchev–Trinajstić information content (AvgIpc) is 2.24. The molecule has 0 bridgehead atoms. The first-order valence-electron chi connectivity index (χ1n) is 4.87. The third-order valence-electron chi connectivity index (χ3n) is 2.79. The fourth-order valence-electron chi connectivity index (χ4n) is 1.80. The van der Waals surface area contributed by atoms with Gasteiger partial charge in [0.25, 0.3) is 0 Å². The van der Waals surface area contributed by atoms with Crippen LogP contribution in [0.3, 0.4) is 0 Å². The minimum Gasteiger partial charge on any atom is -0.380 e. The summed E-state index contributed by atoms with van der Waals surface area (Å²) in [6.45, 7) is 2.02. The van der Waals surface area contributed by atoms with E-state index in [9.17, 15) is 5.11 Å². The third-order valence-corrected chi connectivity index (χ3v) is 2.79. The maximum absolute atomic E-state index is 10.5. The van der Waals surface area contributed by atoms with Gasteiger partial charge in [-0.25, -0.2) is 0 Å². The molecule has 0 saturated carbocycles. The molecule has 1 nitrogen and oxygen atoms in total. The molecule has 0 radical (unpaired) electrons. The molecule has 2 unspecified atom stereocenters. The lowest BCUT2D eigenvalue weighted by molar-refractivity contribution is 0.0503.